The average molecular weight is 413 g/mol. The van der Waals surface area contributed by atoms with Crippen molar-refractivity contribution in [3.05, 3.63) is 33.9 Å². The quantitative estimate of drug-likeness (QED) is 0.284. The van der Waals surface area contributed by atoms with Crippen LogP contribution >= 0.6 is 0 Å². The van der Waals surface area contributed by atoms with E-state index in [0.717, 1.165) is 24.5 Å². The number of carbonyl (C=O) groups is 3. The van der Waals surface area contributed by atoms with Crippen LogP contribution in [0.2, 0.25) is 0 Å². The Morgan fingerprint density at radius 1 is 1.18 bits per heavy atom. The molecule has 28 heavy (non-hydrogen) atoms. The summed E-state index contributed by atoms with van der Waals surface area (Å²) in [6.45, 7) is 2.26. The molecule has 0 aromatic heterocycles. The maximum atomic E-state index is 12.1. The summed E-state index contributed by atoms with van der Waals surface area (Å²) in [6, 6.07) is 2.84. The summed E-state index contributed by atoms with van der Waals surface area (Å²) in [5.74, 6) is -1.53. The Morgan fingerprint density at radius 3 is 2.25 bits per heavy atom. The summed E-state index contributed by atoms with van der Waals surface area (Å²) in [5, 5.41) is 11.1. The van der Waals surface area contributed by atoms with Crippen LogP contribution in [-0.2, 0) is 28.7 Å². The first kappa shape index (κ1) is 21.4. The molecule has 0 spiro atoms. The summed E-state index contributed by atoms with van der Waals surface area (Å²) in [4.78, 5) is 48.2. The number of ether oxygens (including phenoxy) is 1. The first-order valence-electron chi connectivity index (χ1n) is 8.19. The van der Waals surface area contributed by atoms with Gasteiger partial charge in [-0.25, -0.2) is 4.79 Å². The molecule has 11 nitrogen and oxygen atoms in total. The molecule has 152 valence electrons. The van der Waals surface area contributed by atoms with Gasteiger partial charge in [-0.3, -0.25) is 19.7 Å². The number of amides is 2. The highest BCUT2D eigenvalue weighted by atomic mass is 32.3. The van der Waals surface area contributed by atoms with Crippen molar-refractivity contribution in [2.75, 3.05) is 39.0 Å². The maximum absolute atomic E-state index is 12.1. The first-order valence-corrected chi connectivity index (χ1v) is 10.1. The van der Waals surface area contributed by atoms with Crippen LogP contribution in [0.25, 0.3) is 0 Å². The Kier molecular flexibility index (Phi) is 6.46. The molecule has 0 bridgehead atoms. The third-order valence-corrected chi connectivity index (χ3v) is 5.34. The number of nitro benzene ring substituents is 1. The Labute approximate surface area is 161 Å². The smallest absolute Gasteiger partial charge is 0.338 e. The zero-order valence-corrected chi connectivity index (χ0v) is 16.1. The fourth-order valence-electron chi connectivity index (χ4n) is 2.67. The molecule has 1 unspecified atom stereocenters. The van der Waals surface area contributed by atoms with E-state index in [1.807, 2.05) is 0 Å². The van der Waals surface area contributed by atoms with Gasteiger partial charge in [0.15, 0.2) is 6.61 Å². The van der Waals surface area contributed by atoms with Crippen molar-refractivity contribution >= 4 is 33.7 Å². The van der Waals surface area contributed by atoms with Crippen molar-refractivity contribution in [2.45, 2.75) is 11.8 Å². The predicted molar refractivity (Wildman–Crippen MR) is 95.2 cm³/mol. The van der Waals surface area contributed by atoms with Crippen LogP contribution in [0, 0.1) is 10.1 Å². The second-order valence-electron chi connectivity index (χ2n) is 6.17. The Hall–Kier alpha value is -2.86. The number of hydrogen-bond donors (Lipinski definition) is 0. The largest absolute Gasteiger partial charge is 0.610 e. The SMILES string of the molecule is CC(=O)N1CCN(C(=O)COC(=O)c2ccc([S+](C)(=O)[O-])c([N+](=O)[O-])c2)CC1. The molecular formula is C16H19N3O8S. The molecule has 1 atom stereocenters. The minimum absolute atomic E-state index is 0.0855. The molecule has 2 rings (SSSR count). The Morgan fingerprint density at radius 2 is 1.75 bits per heavy atom. The molecule has 1 heterocycles. The van der Waals surface area contributed by atoms with E-state index in [1.54, 1.807) is 4.90 Å². The zero-order chi connectivity index (χ0) is 21.1. The van der Waals surface area contributed by atoms with E-state index in [4.69, 9.17) is 4.74 Å². The number of hydrogen-bond acceptors (Lipinski definition) is 8. The van der Waals surface area contributed by atoms with E-state index in [1.165, 1.54) is 11.8 Å². The monoisotopic (exact) mass is 413 g/mol. The molecule has 0 radical (unpaired) electrons. The molecule has 1 aliphatic heterocycles. The highest BCUT2D eigenvalue weighted by molar-refractivity contribution is 7.97. The third-order valence-electron chi connectivity index (χ3n) is 4.20. The van der Waals surface area contributed by atoms with Crippen molar-refractivity contribution in [3.63, 3.8) is 0 Å². The molecular weight excluding hydrogens is 394 g/mol. The van der Waals surface area contributed by atoms with Crippen molar-refractivity contribution in [3.8, 4) is 0 Å². The Balaban J connectivity index is 2.01. The van der Waals surface area contributed by atoms with Gasteiger partial charge >= 0.3 is 11.7 Å². The zero-order valence-electron chi connectivity index (χ0n) is 15.3. The topological polar surface area (TPSA) is 150 Å². The van der Waals surface area contributed by atoms with E-state index in [0.29, 0.717) is 26.2 Å². The summed E-state index contributed by atoms with van der Waals surface area (Å²) < 4.78 is 28.1. The van der Waals surface area contributed by atoms with Gasteiger partial charge in [-0.15, -0.1) is 4.21 Å². The molecule has 1 aliphatic rings. The molecule has 0 saturated carbocycles. The standard InChI is InChI=1S/C16H19N3O8S/c1-11(20)17-5-7-18(8-6-17)15(21)10-27-16(22)12-3-4-14(28(2,25)26)13(9-12)19(23)24/h3-4,9H,5-8,10H2,1-2H3. The van der Waals surface area contributed by atoms with Gasteiger partial charge in [-0.1, -0.05) is 0 Å². The number of sulfone groups is 1. The first-order chi connectivity index (χ1) is 13.0. The van der Waals surface area contributed by atoms with E-state index >= 15 is 0 Å². The van der Waals surface area contributed by atoms with Gasteiger partial charge in [0.05, 0.1) is 20.7 Å². The van der Waals surface area contributed by atoms with Crippen LogP contribution in [0.15, 0.2) is 23.1 Å². The number of nitro groups is 1. The summed E-state index contributed by atoms with van der Waals surface area (Å²) >= 11 is 0. The lowest BCUT2D eigenvalue weighted by atomic mass is 10.2. The normalized spacial score (nSPS) is 16.2. The number of esters is 1. The van der Waals surface area contributed by atoms with Gasteiger partial charge in [0.2, 0.25) is 10.8 Å². The van der Waals surface area contributed by atoms with Crippen LogP contribution < -0.4 is 0 Å². The van der Waals surface area contributed by atoms with E-state index in [2.05, 4.69) is 0 Å². The minimum atomic E-state index is -3.85. The van der Waals surface area contributed by atoms with E-state index in [-0.39, 0.29) is 11.5 Å². The van der Waals surface area contributed by atoms with Crippen molar-refractivity contribution < 1.29 is 32.8 Å². The number of nitrogens with zero attached hydrogens (tertiary/aromatic N) is 3. The predicted octanol–water partition coefficient (Wildman–Crippen LogP) is 0.0609. The van der Waals surface area contributed by atoms with Crippen molar-refractivity contribution in [1.82, 2.24) is 9.80 Å². The lowest BCUT2D eigenvalue weighted by Gasteiger charge is -2.34. The minimum Gasteiger partial charge on any atom is -0.610 e. The van der Waals surface area contributed by atoms with Crippen LogP contribution in [0.3, 0.4) is 0 Å². The van der Waals surface area contributed by atoms with Crippen molar-refractivity contribution in [1.29, 1.82) is 0 Å². The van der Waals surface area contributed by atoms with Crippen LogP contribution in [0.1, 0.15) is 17.3 Å². The van der Waals surface area contributed by atoms with Gasteiger partial charge in [0.25, 0.3) is 5.91 Å². The van der Waals surface area contributed by atoms with Gasteiger partial charge in [-0.2, -0.15) is 0 Å². The molecule has 0 N–H and O–H groups in total. The molecule has 12 heteroatoms. The fourth-order valence-corrected chi connectivity index (χ4v) is 3.50. The van der Waals surface area contributed by atoms with Crippen LogP contribution in [0.5, 0.6) is 0 Å². The second-order valence-corrected chi connectivity index (χ2v) is 8.16. The number of piperazine rings is 1. The van der Waals surface area contributed by atoms with Gasteiger partial charge in [0.1, 0.15) is 6.26 Å². The van der Waals surface area contributed by atoms with E-state index < -0.39 is 44.2 Å². The molecule has 1 aromatic rings. The van der Waals surface area contributed by atoms with E-state index in [9.17, 15) is 33.3 Å². The molecule has 1 saturated heterocycles. The average Bonchev–Trinajstić information content (AvgIpc) is 2.64. The fraction of sp³-hybridized carbons (Fsp3) is 0.438. The molecule has 1 aromatic carbocycles. The summed E-state index contributed by atoms with van der Waals surface area (Å²) in [6.07, 6.45) is 0.817. The summed E-state index contributed by atoms with van der Waals surface area (Å²) in [5.41, 5.74) is -0.989. The van der Waals surface area contributed by atoms with Gasteiger partial charge < -0.3 is 19.1 Å². The Bertz CT molecular complexity index is 857. The van der Waals surface area contributed by atoms with Gasteiger partial charge in [-0.05, 0) is 6.07 Å². The highest BCUT2D eigenvalue weighted by Gasteiger charge is 2.29. The molecule has 1 fully saturated rings. The molecule has 0 aliphatic carbocycles. The highest BCUT2D eigenvalue weighted by Crippen LogP contribution is 2.27. The number of rotatable bonds is 5. The van der Waals surface area contributed by atoms with Crippen LogP contribution in [-0.4, -0.2) is 76.1 Å². The maximum Gasteiger partial charge on any atom is 0.338 e. The summed E-state index contributed by atoms with van der Waals surface area (Å²) in [7, 11) is -3.85. The number of benzene rings is 1. The number of carbonyl (C=O) groups excluding carboxylic acids is 3. The third kappa shape index (κ3) is 5.10. The molecule has 2 amide bonds. The lowest BCUT2D eigenvalue weighted by molar-refractivity contribution is -0.387. The van der Waals surface area contributed by atoms with Crippen molar-refractivity contribution in [2.24, 2.45) is 0 Å². The lowest BCUT2D eigenvalue weighted by Crippen LogP contribution is -2.51. The second kappa shape index (κ2) is 8.44. The van der Waals surface area contributed by atoms with Gasteiger partial charge in [0, 0.05) is 45.2 Å². The van der Waals surface area contributed by atoms with Crippen LogP contribution in [0.4, 0.5) is 5.69 Å².